The number of amides is 1. The Balaban J connectivity index is 1.91. The number of carbonyl (C=O) groups excluding carboxylic acids is 1. The third kappa shape index (κ3) is 3.04. The fourth-order valence-corrected chi connectivity index (χ4v) is 3.60. The van der Waals surface area contributed by atoms with Crippen molar-refractivity contribution < 1.29 is 17.1 Å². The molecule has 22 heavy (non-hydrogen) atoms. The molecule has 1 fully saturated rings. The molecule has 3 rings (SSSR count). The van der Waals surface area contributed by atoms with Crippen molar-refractivity contribution in [1.29, 1.82) is 0 Å². The van der Waals surface area contributed by atoms with Gasteiger partial charge in [-0.05, 0) is 24.3 Å². The molecule has 1 amide bonds. The van der Waals surface area contributed by atoms with Gasteiger partial charge in [0.2, 0.25) is 5.91 Å². The molecule has 7 heteroatoms. The van der Waals surface area contributed by atoms with Crippen molar-refractivity contribution in [2.75, 3.05) is 17.2 Å². The second-order valence-electron chi connectivity index (χ2n) is 5.36. The topological polar surface area (TPSA) is 59.4 Å². The number of anilines is 1. The van der Waals surface area contributed by atoms with Gasteiger partial charge in [-0.2, -0.15) is 8.42 Å². The maximum absolute atomic E-state index is 12.8. The van der Waals surface area contributed by atoms with Crippen LogP contribution in [0.2, 0.25) is 0 Å². The number of aromatic nitrogens is 1. The molecule has 1 saturated heterocycles. The monoisotopic (exact) mass is 322 g/mol. The summed E-state index contributed by atoms with van der Waals surface area (Å²) in [6.07, 6.45) is 3.77. The number of benzene rings is 1. The third-order valence-electron chi connectivity index (χ3n) is 3.70. The number of hydrogen-bond donors (Lipinski definition) is 0. The van der Waals surface area contributed by atoms with Crippen LogP contribution in [0.1, 0.15) is 6.42 Å². The van der Waals surface area contributed by atoms with Crippen LogP contribution in [0, 0.1) is 5.92 Å². The van der Waals surface area contributed by atoms with Crippen LogP contribution in [-0.2, 0) is 15.0 Å². The minimum atomic E-state index is -4.57. The molecule has 5 nitrogen and oxygen atoms in total. The molecule has 2 aromatic rings. The fourth-order valence-electron chi connectivity index (χ4n) is 2.81. The Morgan fingerprint density at radius 1 is 1.09 bits per heavy atom. The lowest BCUT2D eigenvalue weighted by Crippen LogP contribution is -2.26. The molecule has 116 valence electrons. The van der Waals surface area contributed by atoms with Gasteiger partial charge in [0.15, 0.2) is 0 Å². The Morgan fingerprint density at radius 3 is 2.36 bits per heavy atom. The summed E-state index contributed by atoms with van der Waals surface area (Å²) in [4.78, 5) is 13.7. The van der Waals surface area contributed by atoms with E-state index in [0.717, 1.165) is 5.69 Å². The second kappa shape index (κ2) is 5.57. The SMILES string of the molecule is O=C1CC(CS(=O)(=O)F)CN1c1ccccc1-n1cccc1. The van der Waals surface area contributed by atoms with Crippen molar-refractivity contribution in [2.24, 2.45) is 5.92 Å². The molecule has 0 spiro atoms. The normalized spacial score (nSPS) is 18.9. The van der Waals surface area contributed by atoms with Gasteiger partial charge in [0.1, 0.15) is 0 Å². The van der Waals surface area contributed by atoms with Crippen LogP contribution in [0.5, 0.6) is 0 Å². The summed E-state index contributed by atoms with van der Waals surface area (Å²) >= 11 is 0. The Labute approximate surface area is 128 Å². The summed E-state index contributed by atoms with van der Waals surface area (Å²) in [6.45, 7) is 0.209. The maximum atomic E-state index is 12.8. The molecule has 1 atom stereocenters. The Bertz CT molecular complexity index is 787. The van der Waals surface area contributed by atoms with E-state index in [2.05, 4.69) is 0 Å². The van der Waals surface area contributed by atoms with Gasteiger partial charge < -0.3 is 9.47 Å². The summed E-state index contributed by atoms with van der Waals surface area (Å²) in [5.41, 5.74) is 1.52. The largest absolute Gasteiger partial charge is 0.322 e. The van der Waals surface area contributed by atoms with Crippen molar-refractivity contribution in [1.82, 2.24) is 4.57 Å². The van der Waals surface area contributed by atoms with E-state index in [1.165, 1.54) is 4.90 Å². The average molecular weight is 322 g/mol. The van der Waals surface area contributed by atoms with E-state index in [0.29, 0.717) is 5.69 Å². The lowest BCUT2D eigenvalue weighted by atomic mass is 10.1. The van der Waals surface area contributed by atoms with Crippen LogP contribution in [0.3, 0.4) is 0 Å². The van der Waals surface area contributed by atoms with Crippen LogP contribution in [0.25, 0.3) is 5.69 Å². The number of para-hydroxylation sites is 2. The molecule has 0 N–H and O–H groups in total. The summed E-state index contributed by atoms with van der Waals surface area (Å²) in [5.74, 6) is -1.31. The first-order valence-corrected chi connectivity index (χ1v) is 8.44. The van der Waals surface area contributed by atoms with Crippen molar-refractivity contribution in [3.05, 3.63) is 48.8 Å². The summed E-state index contributed by atoms with van der Waals surface area (Å²) < 4.78 is 36.3. The first-order chi connectivity index (χ1) is 10.4. The summed E-state index contributed by atoms with van der Waals surface area (Å²) in [5, 5.41) is 0. The molecule has 0 aliphatic carbocycles. The Morgan fingerprint density at radius 2 is 1.73 bits per heavy atom. The van der Waals surface area contributed by atoms with Crippen molar-refractivity contribution in [2.45, 2.75) is 6.42 Å². The van der Waals surface area contributed by atoms with Crippen LogP contribution < -0.4 is 4.90 Å². The highest BCUT2D eigenvalue weighted by Gasteiger charge is 2.34. The average Bonchev–Trinajstić information content (AvgIpc) is 3.07. The molecular weight excluding hydrogens is 307 g/mol. The zero-order valence-electron chi connectivity index (χ0n) is 11.7. The quantitative estimate of drug-likeness (QED) is 0.810. The molecule has 1 aliphatic rings. The lowest BCUT2D eigenvalue weighted by Gasteiger charge is -2.20. The zero-order valence-corrected chi connectivity index (χ0v) is 12.5. The molecular formula is C15H15FN2O3S. The molecule has 1 unspecified atom stereocenters. The van der Waals surface area contributed by atoms with Crippen LogP contribution in [0.15, 0.2) is 48.8 Å². The first kappa shape index (κ1) is 14.8. The van der Waals surface area contributed by atoms with E-state index in [1.807, 2.05) is 47.3 Å². The minimum absolute atomic E-state index is 0.0448. The van der Waals surface area contributed by atoms with E-state index in [4.69, 9.17) is 0 Å². The van der Waals surface area contributed by atoms with Gasteiger partial charge in [0.05, 0.1) is 17.1 Å². The number of halogens is 1. The van der Waals surface area contributed by atoms with E-state index >= 15 is 0 Å². The summed E-state index contributed by atoms with van der Waals surface area (Å²) in [6, 6.07) is 11.1. The number of carbonyl (C=O) groups is 1. The number of nitrogens with zero attached hydrogens (tertiary/aromatic N) is 2. The standard InChI is InChI=1S/C15H15FN2O3S/c16-22(20,21)11-12-9-15(19)18(10-12)14-6-2-1-5-13(14)17-7-3-4-8-17/h1-8,12H,9-11H2. The molecule has 1 aliphatic heterocycles. The van der Waals surface area contributed by atoms with Crippen molar-refractivity contribution in [3.63, 3.8) is 0 Å². The van der Waals surface area contributed by atoms with Gasteiger partial charge in [-0.1, -0.05) is 12.1 Å². The van der Waals surface area contributed by atoms with Gasteiger partial charge in [-0.25, -0.2) is 0 Å². The summed E-state index contributed by atoms with van der Waals surface area (Å²) in [7, 11) is -4.57. The highest BCUT2D eigenvalue weighted by Crippen LogP contribution is 2.31. The Hall–Kier alpha value is -2.15. The molecule has 1 aromatic carbocycles. The van der Waals surface area contributed by atoms with Gasteiger partial charge >= 0.3 is 10.2 Å². The predicted octanol–water partition coefficient (Wildman–Crippen LogP) is 2.13. The van der Waals surface area contributed by atoms with Gasteiger partial charge in [-0.15, -0.1) is 3.89 Å². The van der Waals surface area contributed by atoms with Crippen molar-refractivity contribution in [3.8, 4) is 5.69 Å². The molecule has 2 heterocycles. The first-order valence-electron chi connectivity index (χ1n) is 6.89. The van der Waals surface area contributed by atoms with Gasteiger partial charge in [-0.3, -0.25) is 4.79 Å². The maximum Gasteiger partial charge on any atom is 0.302 e. The highest BCUT2D eigenvalue weighted by atomic mass is 32.3. The van der Waals surface area contributed by atoms with E-state index in [-0.39, 0.29) is 18.9 Å². The molecule has 1 aromatic heterocycles. The highest BCUT2D eigenvalue weighted by molar-refractivity contribution is 7.86. The minimum Gasteiger partial charge on any atom is -0.322 e. The van der Waals surface area contributed by atoms with Crippen molar-refractivity contribution >= 4 is 21.8 Å². The zero-order chi connectivity index (χ0) is 15.7. The lowest BCUT2D eigenvalue weighted by molar-refractivity contribution is -0.117. The second-order valence-corrected chi connectivity index (χ2v) is 6.77. The molecule has 0 radical (unpaired) electrons. The van der Waals surface area contributed by atoms with Gasteiger partial charge in [0.25, 0.3) is 0 Å². The Kier molecular flexibility index (Phi) is 3.74. The smallest absolute Gasteiger partial charge is 0.302 e. The number of hydrogen-bond acceptors (Lipinski definition) is 3. The molecule has 0 saturated carbocycles. The number of rotatable bonds is 4. The van der Waals surface area contributed by atoms with E-state index in [9.17, 15) is 17.1 Å². The molecule has 0 bridgehead atoms. The fraction of sp³-hybridized carbons (Fsp3) is 0.267. The van der Waals surface area contributed by atoms with E-state index in [1.54, 1.807) is 6.07 Å². The predicted molar refractivity (Wildman–Crippen MR) is 81.1 cm³/mol. The van der Waals surface area contributed by atoms with Gasteiger partial charge in [0, 0.05) is 31.3 Å². The third-order valence-corrected chi connectivity index (χ3v) is 4.56. The van der Waals surface area contributed by atoms with E-state index < -0.39 is 21.9 Å². The van der Waals surface area contributed by atoms with Crippen LogP contribution >= 0.6 is 0 Å². The van der Waals surface area contributed by atoms with Crippen LogP contribution in [-0.4, -0.2) is 31.2 Å². The van der Waals surface area contributed by atoms with Crippen LogP contribution in [0.4, 0.5) is 9.57 Å².